The molecule has 7 nitrogen and oxygen atoms in total. The van der Waals surface area contributed by atoms with Gasteiger partial charge >= 0.3 is 0 Å². The Morgan fingerprint density at radius 1 is 1.39 bits per heavy atom. The Morgan fingerprint density at radius 3 is 2.44 bits per heavy atom. The second-order valence-corrected chi connectivity index (χ2v) is 6.20. The molecule has 8 heteroatoms. The Morgan fingerprint density at radius 2 is 2.00 bits per heavy atom. The van der Waals surface area contributed by atoms with Crippen molar-refractivity contribution in [2.75, 3.05) is 5.43 Å². The van der Waals surface area contributed by atoms with E-state index in [1.165, 1.54) is 18.8 Å². The van der Waals surface area contributed by atoms with E-state index in [-0.39, 0.29) is 16.9 Å². The first kappa shape index (κ1) is 13.2. The van der Waals surface area contributed by atoms with Crippen LogP contribution in [0.1, 0.15) is 26.2 Å². The second-order valence-electron chi connectivity index (χ2n) is 4.49. The molecule has 0 bridgehead atoms. The number of hydrogen-bond acceptors (Lipinski definition) is 6. The standard InChI is InChI=1S/C10H17N5O2S/c1-7(8-3-2-4-8)15-18(16,17)9-5-12-10(14-11)13-6-9/h5-8,15H,2-4,11H2,1H3,(H,12,13,14). The van der Waals surface area contributed by atoms with Gasteiger partial charge in [0.05, 0.1) is 12.4 Å². The van der Waals surface area contributed by atoms with Crippen molar-refractivity contribution in [3.63, 3.8) is 0 Å². The molecule has 18 heavy (non-hydrogen) atoms. The van der Waals surface area contributed by atoms with E-state index < -0.39 is 10.0 Å². The van der Waals surface area contributed by atoms with Gasteiger partial charge in [0.1, 0.15) is 4.90 Å². The fourth-order valence-corrected chi connectivity index (χ4v) is 3.08. The number of nitrogen functional groups attached to an aromatic ring is 1. The van der Waals surface area contributed by atoms with Crippen LogP contribution in [0.2, 0.25) is 0 Å². The lowest BCUT2D eigenvalue weighted by Gasteiger charge is -2.31. The summed E-state index contributed by atoms with van der Waals surface area (Å²) in [4.78, 5) is 7.62. The molecule has 2 rings (SSSR count). The Balaban J connectivity index is 2.08. The monoisotopic (exact) mass is 271 g/mol. The molecule has 1 aliphatic carbocycles. The highest BCUT2D eigenvalue weighted by Gasteiger charge is 2.28. The molecule has 1 atom stereocenters. The summed E-state index contributed by atoms with van der Waals surface area (Å²) in [6.07, 6.45) is 5.80. The number of hydrogen-bond donors (Lipinski definition) is 3. The van der Waals surface area contributed by atoms with E-state index in [1.807, 2.05) is 6.92 Å². The Labute approximate surface area is 106 Å². The number of hydrazine groups is 1. The van der Waals surface area contributed by atoms with Crippen molar-refractivity contribution in [2.45, 2.75) is 37.1 Å². The smallest absolute Gasteiger partial charge is 0.243 e. The number of sulfonamides is 1. The first-order chi connectivity index (χ1) is 8.53. The van der Waals surface area contributed by atoms with Crippen LogP contribution in [0.5, 0.6) is 0 Å². The minimum Gasteiger partial charge on any atom is -0.292 e. The quantitative estimate of drug-likeness (QED) is 0.522. The highest BCUT2D eigenvalue weighted by atomic mass is 32.2. The molecule has 4 N–H and O–H groups in total. The molecule has 0 saturated heterocycles. The van der Waals surface area contributed by atoms with Gasteiger partial charge in [-0.15, -0.1) is 0 Å². The van der Waals surface area contributed by atoms with E-state index in [0.717, 1.165) is 12.8 Å². The third-order valence-electron chi connectivity index (χ3n) is 3.27. The van der Waals surface area contributed by atoms with Crippen molar-refractivity contribution >= 4 is 16.0 Å². The zero-order valence-corrected chi connectivity index (χ0v) is 10.9. The fraction of sp³-hybridized carbons (Fsp3) is 0.600. The molecule has 1 aromatic heterocycles. The van der Waals surface area contributed by atoms with Crippen molar-refractivity contribution in [3.8, 4) is 0 Å². The minimum absolute atomic E-state index is 0.0488. The molecular formula is C10H17N5O2S. The molecule has 1 aliphatic rings. The SMILES string of the molecule is CC(NS(=O)(=O)c1cnc(NN)nc1)C1CCC1. The summed E-state index contributed by atoms with van der Waals surface area (Å²) in [5.41, 5.74) is 2.25. The van der Waals surface area contributed by atoms with Gasteiger partial charge in [-0.2, -0.15) is 0 Å². The number of nitrogens with zero attached hydrogens (tertiary/aromatic N) is 2. The van der Waals surface area contributed by atoms with E-state index in [1.54, 1.807) is 0 Å². The van der Waals surface area contributed by atoms with Gasteiger partial charge in [0.15, 0.2) is 0 Å². The molecule has 1 unspecified atom stereocenters. The molecule has 0 spiro atoms. The van der Waals surface area contributed by atoms with Crippen LogP contribution in [0.15, 0.2) is 17.3 Å². The lowest BCUT2D eigenvalue weighted by molar-refractivity contribution is 0.260. The molecule has 100 valence electrons. The van der Waals surface area contributed by atoms with Crippen LogP contribution >= 0.6 is 0 Å². The van der Waals surface area contributed by atoms with Gasteiger partial charge < -0.3 is 0 Å². The Hall–Kier alpha value is -1.25. The van der Waals surface area contributed by atoms with E-state index in [4.69, 9.17) is 5.84 Å². The summed E-state index contributed by atoms with van der Waals surface area (Å²) in [5, 5.41) is 0. The average molecular weight is 271 g/mol. The summed E-state index contributed by atoms with van der Waals surface area (Å²) in [6, 6.07) is -0.0592. The van der Waals surface area contributed by atoms with Crippen LogP contribution in [-0.2, 0) is 10.0 Å². The number of aromatic nitrogens is 2. The predicted molar refractivity (Wildman–Crippen MR) is 67.0 cm³/mol. The molecule has 1 saturated carbocycles. The number of nitrogens with two attached hydrogens (primary N) is 1. The van der Waals surface area contributed by atoms with Crippen LogP contribution in [-0.4, -0.2) is 24.4 Å². The maximum Gasteiger partial charge on any atom is 0.243 e. The second kappa shape index (κ2) is 5.17. The van der Waals surface area contributed by atoms with Crippen molar-refractivity contribution in [3.05, 3.63) is 12.4 Å². The van der Waals surface area contributed by atoms with Gasteiger partial charge in [0.25, 0.3) is 0 Å². The first-order valence-corrected chi connectivity index (χ1v) is 7.32. The minimum atomic E-state index is -3.55. The van der Waals surface area contributed by atoms with Crippen LogP contribution in [0.25, 0.3) is 0 Å². The summed E-state index contributed by atoms with van der Waals surface area (Å²) in [5.74, 6) is 5.73. The Bertz CT molecular complexity index is 498. The molecule has 0 radical (unpaired) electrons. The maximum absolute atomic E-state index is 12.0. The van der Waals surface area contributed by atoms with Crippen LogP contribution in [0.3, 0.4) is 0 Å². The lowest BCUT2D eigenvalue weighted by atomic mass is 9.81. The van der Waals surface area contributed by atoms with Crippen molar-refractivity contribution in [2.24, 2.45) is 11.8 Å². The normalized spacial score (nSPS) is 18.1. The van der Waals surface area contributed by atoms with Gasteiger partial charge in [-0.25, -0.2) is 29.0 Å². The van der Waals surface area contributed by atoms with Gasteiger partial charge in [-0.1, -0.05) is 6.42 Å². The van der Waals surface area contributed by atoms with Gasteiger partial charge in [-0.05, 0) is 25.7 Å². The van der Waals surface area contributed by atoms with E-state index in [9.17, 15) is 8.42 Å². The highest BCUT2D eigenvalue weighted by Crippen LogP contribution is 2.29. The third-order valence-corrected chi connectivity index (χ3v) is 4.78. The van der Waals surface area contributed by atoms with Crippen LogP contribution in [0, 0.1) is 5.92 Å². The summed E-state index contributed by atoms with van der Waals surface area (Å²) in [7, 11) is -3.55. The molecule has 1 fully saturated rings. The van der Waals surface area contributed by atoms with E-state index in [0.29, 0.717) is 5.92 Å². The number of nitrogens with one attached hydrogen (secondary N) is 2. The molecule has 0 aliphatic heterocycles. The molecule has 0 aromatic carbocycles. The van der Waals surface area contributed by atoms with E-state index in [2.05, 4.69) is 20.1 Å². The Kier molecular flexibility index (Phi) is 3.79. The summed E-state index contributed by atoms with van der Waals surface area (Å²) < 4.78 is 26.7. The topological polar surface area (TPSA) is 110 Å². The summed E-state index contributed by atoms with van der Waals surface area (Å²) >= 11 is 0. The zero-order valence-electron chi connectivity index (χ0n) is 10.1. The molecule has 1 aromatic rings. The molecule has 1 heterocycles. The maximum atomic E-state index is 12.0. The van der Waals surface area contributed by atoms with Crippen LogP contribution in [0.4, 0.5) is 5.95 Å². The average Bonchev–Trinajstić information content (AvgIpc) is 2.26. The van der Waals surface area contributed by atoms with E-state index >= 15 is 0 Å². The fourth-order valence-electron chi connectivity index (χ4n) is 1.88. The third kappa shape index (κ3) is 2.77. The zero-order chi connectivity index (χ0) is 13.2. The van der Waals surface area contributed by atoms with Crippen molar-refractivity contribution in [1.82, 2.24) is 14.7 Å². The van der Waals surface area contributed by atoms with Crippen LogP contribution < -0.4 is 16.0 Å². The van der Waals surface area contributed by atoms with Crippen molar-refractivity contribution in [1.29, 1.82) is 0 Å². The highest BCUT2D eigenvalue weighted by molar-refractivity contribution is 7.89. The summed E-state index contributed by atoms with van der Waals surface area (Å²) in [6.45, 7) is 1.89. The largest absolute Gasteiger partial charge is 0.292 e. The van der Waals surface area contributed by atoms with Crippen molar-refractivity contribution < 1.29 is 8.42 Å². The molecule has 0 amide bonds. The van der Waals surface area contributed by atoms with Gasteiger partial charge in [-0.3, -0.25) is 5.43 Å². The predicted octanol–water partition coefficient (Wildman–Crippen LogP) is 0.229. The number of anilines is 1. The lowest BCUT2D eigenvalue weighted by Crippen LogP contribution is -2.40. The number of rotatable bonds is 5. The van der Waals surface area contributed by atoms with Gasteiger partial charge in [0, 0.05) is 6.04 Å². The van der Waals surface area contributed by atoms with Gasteiger partial charge in [0.2, 0.25) is 16.0 Å². The first-order valence-electron chi connectivity index (χ1n) is 5.84. The molecular weight excluding hydrogens is 254 g/mol.